The highest BCUT2D eigenvalue weighted by Gasteiger charge is 2.26. The summed E-state index contributed by atoms with van der Waals surface area (Å²) in [7, 11) is 0. The zero-order valence-corrected chi connectivity index (χ0v) is 12.6. The second kappa shape index (κ2) is 6.53. The van der Waals surface area contributed by atoms with E-state index >= 15 is 0 Å². The van der Waals surface area contributed by atoms with Crippen molar-refractivity contribution in [1.29, 1.82) is 0 Å². The van der Waals surface area contributed by atoms with E-state index in [9.17, 15) is 14.7 Å². The molecule has 112 valence electrons. The average Bonchev–Trinajstić information content (AvgIpc) is 3.12. The quantitative estimate of drug-likeness (QED) is 0.763. The first kappa shape index (κ1) is 15.2. The summed E-state index contributed by atoms with van der Waals surface area (Å²) in [5.74, 6) is -1.67. The van der Waals surface area contributed by atoms with Gasteiger partial charge in [0.25, 0.3) is 5.91 Å². The Kier molecular flexibility index (Phi) is 4.74. The van der Waals surface area contributed by atoms with Crippen molar-refractivity contribution in [2.24, 2.45) is 5.92 Å². The number of nitrogens with zero attached hydrogens (tertiary/aromatic N) is 1. The number of hydrogen-bond donors (Lipinski definition) is 3. The fraction of sp³-hybridized carbons (Fsp3) is 0.357. The number of hydrogen-bond acceptors (Lipinski definition) is 4. The molecule has 0 aromatic carbocycles. The summed E-state index contributed by atoms with van der Waals surface area (Å²) in [6.07, 6.45) is 0.665. The maximum atomic E-state index is 12.1. The summed E-state index contributed by atoms with van der Waals surface area (Å²) < 4.78 is 0. The fourth-order valence-electron chi connectivity index (χ4n) is 1.89. The molecule has 2 rings (SSSR count). The molecule has 1 amide bonds. The molecule has 0 aliphatic rings. The average molecular weight is 307 g/mol. The first-order valence-corrected chi connectivity index (χ1v) is 7.53. The van der Waals surface area contributed by atoms with Crippen LogP contribution in [0.2, 0.25) is 0 Å². The number of carboxylic acids is 1. The van der Waals surface area contributed by atoms with Gasteiger partial charge in [0.05, 0.1) is 10.6 Å². The first-order chi connectivity index (χ1) is 10.0. The molecule has 0 aliphatic carbocycles. The predicted octanol–water partition coefficient (Wildman–Crippen LogP) is 2.37. The van der Waals surface area contributed by atoms with Gasteiger partial charge in [-0.3, -0.25) is 9.89 Å². The number of carboxylic acid groups (broad SMARTS) is 1. The molecule has 21 heavy (non-hydrogen) atoms. The molecular formula is C14H17N3O3S. The van der Waals surface area contributed by atoms with E-state index in [0.717, 1.165) is 10.6 Å². The van der Waals surface area contributed by atoms with Gasteiger partial charge >= 0.3 is 5.97 Å². The Morgan fingerprint density at radius 3 is 2.86 bits per heavy atom. The Labute approximate surface area is 126 Å². The van der Waals surface area contributed by atoms with Gasteiger partial charge in [0.2, 0.25) is 0 Å². The van der Waals surface area contributed by atoms with Crippen molar-refractivity contribution in [3.05, 3.63) is 29.3 Å². The standard InChI is InChI=1S/C14H17N3O3S/c1-3-8(2)12(14(19)20)15-13(18)10-7-9(16-17-10)11-5-4-6-21-11/h4-8,12H,3H2,1-2H3,(H,15,18)(H,16,17)(H,19,20). The molecule has 0 bridgehead atoms. The molecule has 0 aliphatic heterocycles. The summed E-state index contributed by atoms with van der Waals surface area (Å²) in [4.78, 5) is 24.3. The summed E-state index contributed by atoms with van der Waals surface area (Å²) in [5.41, 5.74) is 0.929. The van der Waals surface area contributed by atoms with Gasteiger partial charge < -0.3 is 10.4 Å². The summed E-state index contributed by atoms with van der Waals surface area (Å²) in [5, 5.41) is 20.4. The van der Waals surface area contributed by atoms with Gasteiger partial charge in [0.15, 0.2) is 5.69 Å². The molecule has 6 nitrogen and oxygen atoms in total. The van der Waals surface area contributed by atoms with Crippen LogP contribution in [0, 0.1) is 5.92 Å². The number of rotatable bonds is 6. The molecule has 2 unspecified atom stereocenters. The Morgan fingerprint density at radius 2 is 2.29 bits per heavy atom. The van der Waals surface area contributed by atoms with Crippen LogP contribution in [0.1, 0.15) is 30.8 Å². The first-order valence-electron chi connectivity index (χ1n) is 6.65. The van der Waals surface area contributed by atoms with Crippen molar-refractivity contribution < 1.29 is 14.7 Å². The third-order valence-corrected chi connectivity index (χ3v) is 4.27. The van der Waals surface area contributed by atoms with Crippen LogP contribution in [0.25, 0.3) is 10.6 Å². The van der Waals surface area contributed by atoms with Gasteiger partial charge in [-0.2, -0.15) is 5.10 Å². The Hall–Kier alpha value is -2.15. The van der Waals surface area contributed by atoms with Crippen molar-refractivity contribution in [1.82, 2.24) is 15.5 Å². The van der Waals surface area contributed by atoms with Gasteiger partial charge in [0, 0.05) is 0 Å². The van der Waals surface area contributed by atoms with E-state index in [1.54, 1.807) is 13.0 Å². The van der Waals surface area contributed by atoms with Gasteiger partial charge in [-0.25, -0.2) is 4.79 Å². The number of amides is 1. The molecule has 2 aromatic heterocycles. The SMILES string of the molecule is CCC(C)C(NC(=O)c1cc(-c2cccs2)[nH]n1)C(=O)O. The van der Waals surface area contributed by atoms with Crippen LogP contribution in [-0.4, -0.2) is 33.2 Å². The summed E-state index contributed by atoms with van der Waals surface area (Å²) >= 11 is 1.53. The van der Waals surface area contributed by atoms with Crippen molar-refractivity contribution in [2.75, 3.05) is 0 Å². The number of aromatic amines is 1. The smallest absolute Gasteiger partial charge is 0.326 e. The molecule has 2 heterocycles. The van der Waals surface area contributed by atoms with E-state index in [1.807, 2.05) is 24.4 Å². The van der Waals surface area contributed by atoms with E-state index in [2.05, 4.69) is 15.5 Å². The third kappa shape index (κ3) is 3.49. The van der Waals surface area contributed by atoms with Crippen molar-refractivity contribution in [2.45, 2.75) is 26.3 Å². The highest BCUT2D eigenvalue weighted by Crippen LogP contribution is 2.23. The van der Waals surface area contributed by atoms with Crippen LogP contribution in [0.3, 0.4) is 0 Å². The number of carbonyl (C=O) groups is 2. The molecule has 3 N–H and O–H groups in total. The van der Waals surface area contributed by atoms with E-state index < -0.39 is 17.9 Å². The zero-order chi connectivity index (χ0) is 15.4. The van der Waals surface area contributed by atoms with Gasteiger partial charge in [0.1, 0.15) is 6.04 Å². The van der Waals surface area contributed by atoms with Crippen molar-refractivity contribution >= 4 is 23.2 Å². The Morgan fingerprint density at radius 1 is 1.52 bits per heavy atom. The summed E-state index contributed by atoms with van der Waals surface area (Å²) in [6.45, 7) is 3.68. The van der Waals surface area contributed by atoms with Crippen molar-refractivity contribution in [3.8, 4) is 10.6 Å². The topological polar surface area (TPSA) is 95.1 Å². The monoisotopic (exact) mass is 307 g/mol. The zero-order valence-electron chi connectivity index (χ0n) is 11.8. The third-order valence-electron chi connectivity index (χ3n) is 3.36. The maximum absolute atomic E-state index is 12.1. The lowest BCUT2D eigenvalue weighted by molar-refractivity contribution is -0.140. The predicted molar refractivity (Wildman–Crippen MR) is 80.2 cm³/mol. The number of carbonyl (C=O) groups excluding carboxylic acids is 1. The lowest BCUT2D eigenvalue weighted by Crippen LogP contribution is -2.45. The van der Waals surface area contributed by atoms with E-state index in [-0.39, 0.29) is 11.6 Å². The largest absolute Gasteiger partial charge is 0.480 e. The lowest BCUT2D eigenvalue weighted by atomic mass is 9.99. The van der Waals surface area contributed by atoms with Gasteiger partial charge in [-0.05, 0) is 23.4 Å². The van der Waals surface area contributed by atoms with Crippen LogP contribution < -0.4 is 5.32 Å². The number of H-pyrrole nitrogens is 1. The molecular weight excluding hydrogens is 290 g/mol. The van der Waals surface area contributed by atoms with Crippen molar-refractivity contribution in [3.63, 3.8) is 0 Å². The van der Waals surface area contributed by atoms with E-state index in [0.29, 0.717) is 6.42 Å². The second-order valence-corrected chi connectivity index (χ2v) is 5.77. The minimum absolute atomic E-state index is 0.151. The fourth-order valence-corrected chi connectivity index (χ4v) is 2.59. The minimum atomic E-state index is -1.04. The maximum Gasteiger partial charge on any atom is 0.326 e. The van der Waals surface area contributed by atoms with Crippen LogP contribution in [-0.2, 0) is 4.79 Å². The number of aromatic nitrogens is 2. The summed E-state index contributed by atoms with van der Waals surface area (Å²) in [6, 6.07) is 4.53. The normalized spacial score (nSPS) is 13.6. The second-order valence-electron chi connectivity index (χ2n) is 4.82. The van der Waals surface area contributed by atoms with E-state index in [4.69, 9.17) is 0 Å². The van der Waals surface area contributed by atoms with Crippen LogP contribution in [0.4, 0.5) is 0 Å². The Bertz CT molecular complexity index is 621. The number of nitrogens with one attached hydrogen (secondary N) is 2. The van der Waals surface area contributed by atoms with Gasteiger partial charge in [-0.1, -0.05) is 26.3 Å². The van der Waals surface area contributed by atoms with Crippen LogP contribution in [0.5, 0.6) is 0 Å². The molecule has 2 atom stereocenters. The highest BCUT2D eigenvalue weighted by atomic mass is 32.1. The Balaban J connectivity index is 2.11. The molecule has 2 aromatic rings. The molecule has 7 heteroatoms. The minimum Gasteiger partial charge on any atom is -0.480 e. The molecule has 0 spiro atoms. The number of thiophene rings is 1. The van der Waals surface area contributed by atoms with Crippen LogP contribution >= 0.6 is 11.3 Å². The molecule has 0 saturated heterocycles. The molecule has 0 radical (unpaired) electrons. The number of aliphatic carboxylic acids is 1. The lowest BCUT2D eigenvalue weighted by Gasteiger charge is -2.19. The van der Waals surface area contributed by atoms with Crippen LogP contribution in [0.15, 0.2) is 23.6 Å². The van der Waals surface area contributed by atoms with E-state index in [1.165, 1.54) is 11.3 Å². The van der Waals surface area contributed by atoms with Gasteiger partial charge in [-0.15, -0.1) is 11.3 Å². The molecule has 0 fully saturated rings. The highest BCUT2D eigenvalue weighted by molar-refractivity contribution is 7.13. The molecule has 0 saturated carbocycles.